The van der Waals surface area contributed by atoms with Gasteiger partial charge in [-0.1, -0.05) is 30.1 Å². The Bertz CT molecular complexity index is 2750. The van der Waals surface area contributed by atoms with Crippen molar-refractivity contribution in [1.82, 2.24) is 15.0 Å². The molecule has 0 radical (unpaired) electrons. The fourth-order valence-corrected chi connectivity index (χ4v) is 6.20. The van der Waals surface area contributed by atoms with Gasteiger partial charge in [0.25, 0.3) is 10.1 Å². The predicted octanol–water partition coefficient (Wildman–Crippen LogP) is 8.86. The van der Waals surface area contributed by atoms with Crippen LogP contribution in [0.1, 0.15) is 67.6 Å². The van der Waals surface area contributed by atoms with Gasteiger partial charge in [-0.3, -0.25) is 4.55 Å². The van der Waals surface area contributed by atoms with E-state index >= 15 is 0 Å². The van der Waals surface area contributed by atoms with Crippen molar-refractivity contribution in [2.75, 3.05) is 34.9 Å². The third-order valence-corrected chi connectivity index (χ3v) is 9.61. The number of ether oxygens (including phenoxy) is 1. The minimum absolute atomic E-state index is 0.0142. The van der Waals surface area contributed by atoms with Gasteiger partial charge in [0, 0.05) is 18.7 Å². The van der Waals surface area contributed by atoms with Crippen LogP contribution in [0.2, 0.25) is 10.0 Å². The summed E-state index contributed by atoms with van der Waals surface area (Å²) in [5.41, 5.74) is -1.60. The van der Waals surface area contributed by atoms with Crippen LogP contribution in [0.25, 0.3) is 0 Å². The first-order valence-corrected chi connectivity index (χ1v) is 20.7. The van der Waals surface area contributed by atoms with E-state index in [2.05, 4.69) is 51.4 Å². The van der Waals surface area contributed by atoms with Gasteiger partial charge in [-0.05, 0) is 67.8 Å². The molecule has 5 rings (SSSR count). The molecule has 0 aliphatic rings. The van der Waals surface area contributed by atoms with E-state index < -0.39 is 45.5 Å². The maximum atomic E-state index is 11.6. The highest BCUT2D eigenvalue weighted by molar-refractivity contribution is 7.85. The SMILES string of the molecule is CCCNc1nc(Nc2cc(Cl)c(N=Nc3cc(C(=O)O)cc(C(=O)O)c3)cc2O)nc(Nc2cc(Cl)c(N=Nc3cc(C(=O)O)cc(C(=O)O)c3)cc2OCCCCS(=O)(=O)O)n1. The van der Waals surface area contributed by atoms with Crippen LogP contribution in [0, 0.1) is 0 Å². The zero-order chi connectivity index (χ0) is 46.7. The number of nitrogens with zero attached hydrogens (tertiary/aromatic N) is 7. The number of aromatic hydroxyl groups is 1. The lowest BCUT2D eigenvalue weighted by atomic mass is 10.1. The maximum Gasteiger partial charge on any atom is 0.335 e. The van der Waals surface area contributed by atoms with Gasteiger partial charge in [0.05, 0.1) is 67.4 Å². The zero-order valence-electron chi connectivity index (χ0n) is 32.9. The molecule has 5 aromatic rings. The minimum Gasteiger partial charge on any atom is -0.506 e. The van der Waals surface area contributed by atoms with Crippen LogP contribution in [0.5, 0.6) is 11.5 Å². The summed E-state index contributed by atoms with van der Waals surface area (Å²) in [6.45, 7) is 2.25. The van der Waals surface area contributed by atoms with Gasteiger partial charge in [0.15, 0.2) is 0 Å². The second-order valence-electron chi connectivity index (χ2n) is 13.1. The second-order valence-corrected chi connectivity index (χ2v) is 15.5. The molecule has 0 spiro atoms. The third kappa shape index (κ3) is 13.5. The Morgan fingerprint density at radius 2 is 1.09 bits per heavy atom. The molecule has 9 N–H and O–H groups in total. The van der Waals surface area contributed by atoms with Crippen molar-refractivity contribution >= 4 is 109 Å². The number of hydrogen-bond donors (Lipinski definition) is 9. The van der Waals surface area contributed by atoms with Crippen LogP contribution in [0.4, 0.5) is 52.0 Å². The molecule has 0 saturated carbocycles. The molecule has 0 amide bonds. The molecule has 0 aliphatic heterocycles. The molecule has 1 heterocycles. The average Bonchev–Trinajstić information content (AvgIpc) is 3.22. The molecule has 0 atom stereocenters. The Morgan fingerprint density at radius 3 is 1.56 bits per heavy atom. The van der Waals surface area contributed by atoms with Gasteiger partial charge >= 0.3 is 23.9 Å². The third-order valence-electron chi connectivity index (χ3n) is 8.20. The van der Waals surface area contributed by atoms with Crippen molar-refractivity contribution in [3.8, 4) is 11.5 Å². The molecule has 23 nitrogen and oxygen atoms in total. The van der Waals surface area contributed by atoms with Crippen LogP contribution in [0.3, 0.4) is 0 Å². The molecule has 0 unspecified atom stereocenters. The lowest BCUT2D eigenvalue weighted by Gasteiger charge is -2.16. The Balaban J connectivity index is 1.47. The Kier molecular flexibility index (Phi) is 15.6. The number of nitrogens with one attached hydrogen (secondary N) is 3. The Morgan fingerprint density at radius 1 is 0.641 bits per heavy atom. The van der Waals surface area contributed by atoms with Gasteiger partial charge in [0.1, 0.15) is 22.9 Å². The van der Waals surface area contributed by atoms with Gasteiger partial charge in [0.2, 0.25) is 17.8 Å². The van der Waals surface area contributed by atoms with Gasteiger partial charge < -0.3 is 46.2 Å². The average molecular weight is 942 g/mol. The number of benzene rings is 4. The molecule has 334 valence electrons. The minimum atomic E-state index is -4.23. The first kappa shape index (κ1) is 47.5. The number of anilines is 5. The summed E-state index contributed by atoms with van der Waals surface area (Å²) in [5, 5.41) is 73.2. The van der Waals surface area contributed by atoms with Crippen molar-refractivity contribution in [1.29, 1.82) is 0 Å². The number of carboxylic acid groups (broad SMARTS) is 4. The first-order chi connectivity index (χ1) is 30.3. The van der Waals surface area contributed by atoms with Gasteiger partial charge in [-0.25, -0.2) is 19.2 Å². The number of azo groups is 2. The summed E-state index contributed by atoms with van der Waals surface area (Å²) in [5.74, 6) is -6.63. The summed E-state index contributed by atoms with van der Waals surface area (Å²) in [6.07, 6.45) is 0.873. The Hall–Kier alpha value is -7.54. The van der Waals surface area contributed by atoms with E-state index in [1.807, 2.05) is 6.92 Å². The van der Waals surface area contributed by atoms with Crippen molar-refractivity contribution in [2.45, 2.75) is 26.2 Å². The van der Waals surface area contributed by atoms with Crippen molar-refractivity contribution in [3.05, 3.63) is 93.0 Å². The van der Waals surface area contributed by atoms with E-state index in [0.29, 0.717) is 13.0 Å². The number of hydrogen-bond acceptors (Lipinski definition) is 18. The molecule has 4 aromatic carbocycles. The van der Waals surface area contributed by atoms with Crippen LogP contribution in [0.15, 0.2) is 81.1 Å². The standard InChI is InChI=1S/C38H34Cl2N10O13S/c1-2-5-41-36-44-37(42-28-14-24(39)26(16-30(28)51)49-47-22-10-18(32(52)53)8-19(11-22)33(54)55)46-38(45-36)43-29-15-25(40)27(17-31(29)63-6-3-4-7-64(60,61)62)50-48-23-12-20(34(56)57)9-21(13-23)35(58)59/h8-17,51H,2-7H2,1H3,(H,52,53)(H,54,55)(H,56,57)(H,58,59)(H,60,61,62)(H3,41,42,43,44,45,46). The van der Waals surface area contributed by atoms with E-state index in [1.165, 1.54) is 18.2 Å². The van der Waals surface area contributed by atoms with Crippen LogP contribution >= 0.6 is 23.2 Å². The smallest absolute Gasteiger partial charge is 0.335 e. The largest absolute Gasteiger partial charge is 0.506 e. The van der Waals surface area contributed by atoms with Crippen LogP contribution < -0.4 is 20.7 Å². The molecular weight excluding hydrogens is 907 g/mol. The van der Waals surface area contributed by atoms with E-state index in [1.54, 1.807) is 0 Å². The number of carbonyl (C=O) groups is 4. The highest BCUT2D eigenvalue weighted by Gasteiger charge is 2.18. The normalized spacial score (nSPS) is 11.4. The molecule has 26 heteroatoms. The quantitative estimate of drug-likeness (QED) is 0.0143. The monoisotopic (exact) mass is 940 g/mol. The van der Waals surface area contributed by atoms with E-state index in [0.717, 1.165) is 42.5 Å². The topological polar surface area (TPSA) is 357 Å². The highest BCUT2D eigenvalue weighted by Crippen LogP contribution is 2.40. The van der Waals surface area contributed by atoms with Crippen molar-refractivity contribution in [3.63, 3.8) is 0 Å². The molecule has 0 fully saturated rings. The Labute approximate surface area is 371 Å². The van der Waals surface area contributed by atoms with Gasteiger partial charge in [-0.15, -0.1) is 10.2 Å². The van der Waals surface area contributed by atoms with E-state index in [4.69, 9.17) is 32.5 Å². The van der Waals surface area contributed by atoms with Gasteiger partial charge in [-0.2, -0.15) is 33.6 Å². The zero-order valence-corrected chi connectivity index (χ0v) is 35.2. The maximum absolute atomic E-state index is 11.6. The van der Waals surface area contributed by atoms with Crippen molar-refractivity contribution < 1.29 is 62.4 Å². The van der Waals surface area contributed by atoms with Crippen molar-refractivity contribution in [2.24, 2.45) is 20.5 Å². The number of phenolic OH excluding ortho intramolecular Hbond substituents is 1. The summed E-state index contributed by atoms with van der Waals surface area (Å²) in [7, 11) is -4.23. The highest BCUT2D eigenvalue weighted by atomic mass is 35.5. The molecule has 64 heavy (non-hydrogen) atoms. The molecule has 1 aromatic heterocycles. The summed E-state index contributed by atoms with van der Waals surface area (Å²) in [4.78, 5) is 59.3. The number of unbranched alkanes of at least 4 members (excludes halogenated alkanes) is 1. The molecule has 0 aliphatic carbocycles. The summed E-state index contributed by atoms with van der Waals surface area (Å²) >= 11 is 13.1. The van der Waals surface area contributed by atoms with E-state index in [-0.39, 0.29) is 109 Å². The number of aromatic nitrogens is 3. The summed E-state index contributed by atoms with van der Waals surface area (Å²) in [6, 6.07) is 11.4. The molecular formula is C38H34Cl2N10O13S. The molecule has 0 saturated heterocycles. The van der Waals surface area contributed by atoms with Crippen LogP contribution in [-0.2, 0) is 10.1 Å². The summed E-state index contributed by atoms with van der Waals surface area (Å²) < 4.78 is 37.5. The lowest BCUT2D eigenvalue weighted by molar-refractivity contribution is 0.0676. The number of halogens is 2. The fraction of sp³-hybridized carbons (Fsp3) is 0.184. The fourth-order valence-electron chi connectivity index (χ4n) is 5.23. The number of rotatable bonds is 21. The number of phenols is 1. The predicted molar refractivity (Wildman–Crippen MR) is 230 cm³/mol. The number of aromatic carboxylic acids is 4. The number of carboxylic acids is 4. The lowest BCUT2D eigenvalue weighted by Crippen LogP contribution is -2.11. The molecule has 0 bridgehead atoms. The first-order valence-electron chi connectivity index (χ1n) is 18.3. The van der Waals surface area contributed by atoms with E-state index in [9.17, 15) is 53.1 Å². The second kappa shape index (κ2) is 21.0. The van der Waals surface area contributed by atoms with Crippen LogP contribution in [-0.4, -0.2) is 96.2 Å².